The summed E-state index contributed by atoms with van der Waals surface area (Å²) in [5, 5.41) is 5.07. The predicted molar refractivity (Wildman–Crippen MR) is 177 cm³/mol. The minimum absolute atomic E-state index is 0.136. The zero-order valence-electron chi connectivity index (χ0n) is 25.2. The molecule has 1 aliphatic rings. The normalized spacial score (nSPS) is 14.8. The summed E-state index contributed by atoms with van der Waals surface area (Å²) in [6, 6.07) is 32.6. The van der Waals surface area contributed by atoms with E-state index in [-0.39, 0.29) is 25.7 Å². The Morgan fingerprint density at radius 2 is 1.67 bits per heavy atom. The van der Waals surface area contributed by atoms with E-state index < -0.39 is 12.3 Å². The Balaban J connectivity index is 1.16. The second-order valence-electron chi connectivity index (χ2n) is 11.0. The molecule has 3 heterocycles. The van der Waals surface area contributed by atoms with E-state index in [1.165, 1.54) is 0 Å². The average Bonchev–Trinajstić information content (AvgIpc) is 3.55. The van der Waals surface area contributed by atoms with Gasteiger partial charge < -0.3 is 19.9 Å². The van der Waals surface area contributed by atoms with Crippen LogP contribution in [0.15, 0.2) is 116 Å². The van der Waals surface area contributed by atoms with Gasteiger partial charge in [-0.2, -0.15) is 4.98 Å². The molecule has 1 fully saturated rings. The number of urea groups is 1. The number of imidazole rings is 1. The first-order valence-electron chi connectivity index (χ1n) is 15.0. The van der Waals surface area contributed by atoms with Crippen LogP contribution in [0.25, 0.3) is 27.6 Å². The molecule has 1 saturated heterocycles. The third-order valence-electron chi connectivity index (χ3n) is 8.20. The van der Waals surface area contributed by atoms with Gasteiger partial charge in [0.15, 0.2) is 0 Å². The number of carbonyl (C=O) groups is 2. The van der Waals surface area contributed by atoms with Crippen LogP contribution in [0.5, 0.6) is 0 Å². The number of benzene rings is 4. The summed E-state index contributed by atoms with van der Waals surface area (Å²) in [7, 11) is 1.82. The van der Waals surface area contributed by atoms with Crippen LogP contribution in [0.1, 0.15) is 5.56 Å². The van der Waals surface area contributed by atoms with E-state index in [1.807, 2.05) is 120 Å². The number of hydrogen-bond acceptors (Lipinski definition) is 7. The van der Waals surface area contributed by atoms with Gasteiger partial charge in [-0.25, -0.2) is 19.6 Å². The van der Waals surface area contributed by atoms with Crippen molar-refractivity contribution < 1.29 is 14.3 Å². The van der Waals surface area contributed by atoms with E-state index >= 15 is 0 Å². The van der Waals surface area contributed by atoms with Crippen molar-refractivity contribution in [2.75, 3.05) is 36.9 Å². The molecule has 2 aromatic heterocycles. The molecule has 0 spiro atoms. The van der Waals surface area contributed by atoms with E-state index in [2.05, 4.69) is 15.3 Å². The van der Waals surface area contributed by atoms with Crippen molar-refractivity contribution in [1.82, 2.24) is 29.3 Å². The van der Waals surface area contributed by atoms with E-state index in [4.69, 9.17) is 9.72 Å². The highest BCUT2D eigenvalue weighted by Gasteiger charge is 2.37. The number of nitrogens with one attached hydrogen (secondary N) is 1. The van der Waals surface area contributed by atoms with Crippen LogP contribution in [0.2, 0.25) is 0 Å². The van der Waals surface area contributed by atoms with Crippen molar-refractivity contribution in [3.8, 4) is 5.82 Å². The Bertz CT molecular complexity index is 2010. The summed E-state index contributed by atoms with van der Waals surface area (Å²) in [4.78, 5) is 46.2. The maximum Gasteiger partial charge on any atom is 0.411 e. The van der Waals surface area contributed by atoms with Gasteiger partial charge in [-0.05, 0) is 35.2 Å². The van der Waals surface area contributed by atoms with Crippen molar-refractivity contribution >= 4 is 45.6 Å². The Labute approximate surface area is 265 Å². The van der Waals surface area contributed by atoms with Crippen LogP contribution in [0.3, 0.4) is 0 Å². The molecule has 4 aromatic carbocycles. The van der Waals surface area contributed by atoms with Crippen LogP contribution in [0.4, 0.5) is 21.2 Å². The maximum atomic E-state index is 13.7. The number of nitrogens with zero attached hydrogens (tertiary/aromatic N) is 7. The average molecular weight is 613 g/mol. The van der Waals surface area contributed by atoms with Crippen LogP contribution < -0.4 is 10.2 Å². The van der Waals surface area contributed by atoms with E-state index in [0.717, 1.165) is 33.1 Å². The molecular formula is C35H32N8O3. The van der Waals surface area contributed by atoms with Crippen molar-refractivity contribution in [3.05, 3.63) is 121 Å². The van der Waals surface area contributed by atoms with Gasteiger partial charge in [-0.15, -0.1) is 0 Å². The van der Waals surface area contributed by atoms with E-state index in [9.17, 15) is 9.59 Å². The smallest absolute Gasteiger partial charge is 0.411 e. The third-order valence-corrected chi connectivity index (χ3v) is 8.20. The molecule has 1 aliphatic heterocycles. The van der Waals surface area contributed by atoms with Crippen LogP contribution in [-0.2, 0) is 11.3 Å². The number of likely N-dealkylation sites (N-methyl/N-ethyl adjacent to an activating group) is 1. The van der Waals surface area contributed by atoms with Gasteiger partial charge in [0.05, 0.1) is 23.3 Å². The summed E-state index contributed by atoms with van der Waals surface area (Å²) in [6.07, 6.45) is 2.32. The van der Waals surface area contributed by atoms with Gasteiger partial charge in [0.1, 0.15) is 24.9 Å². The summed E-state index contributed by atoms with van der Waals surface area (Å²) >= 11 is 0. The monoisotopic (exact) mass is 612 g/mol. The zero-order chi connectivity index (χ0) is 31.5. The molecule has 1 atom stereocenters. The number of carbonyl (C=O) groups excluding carboxylic acids is 2. The zero-order valence-corrected chi connectivity index (χ0v) is 25.2. The largest absolute Gasteiger partial charge is 0.444 e. The summed E-state index contributed by atoms with van der Waals surface area (Å²) in [5.41, 5.74) is 3.37. The summed E-state index contributed by atoms with van der Waals surface area (Å²) in [6.45, 7) is 0.924. The van der Waals surface area contributed by atoms with E-state index in [0.29, 0.717) is 18.3 Å². The molecule has 11 heteroatoms. The lowest BCUT2D eigenvalue weighted by Gasteiger charge is -2.44. The molecule has 6 aromatic rings. The summed E-state index contributed by atoms with van der Waals surface area (Å²) in [5.74, 6) is 1.02. The number of ether oxygens (including phenoxy) is 1. The molecule has 46 heavy (non-hydrogen) atoms. The van der Waals surface area contributed by atoms with Crippen molar-refractivity contribution in [3.63, 3.8) is 0 Å². The first-order valence-corrected chi connectivity index (χ1v) is 15.0. The van der Waals surface area contributed by atoms with Crippen molar-refractivity contribution in [2.24, 2.45) is 0 Å². The number of aromatic nitrogens is 4. The number of piperazine rings is 1. The predicted octanol–water partition coefficient (Wildman–Crippen LogP) is 5.92. The SMILES string of the molecule is CN(c1nccc(-n2cnc3ccccc32)n1)C1CN(C(=O)Nc2cccc3ccccc23)CCN1C(=O)OCc1ccccc1. The molecule has 0 saturated carbocycles. The maximum absolute atomic E-state index is 13.7. The number of anilines is 2. The van der Waals surface area contributed by atoms with Gasteiger partial charge >= 0.3 is 12.1 Å². The molecule has 1 N–H and O–H groups in total. The molecule has 0 aliphatic carbocycles. The lowest BCUT2D eigenvalue weighted by Crippen LogP contribution is -2.63. The minimum Gasteiger partial charge on any atom is -0.444 e. The Hall–Kier alpha value is -5.97. The molecule has 230 valence electrons. The fraction of sp³-hybridized carbons (Fsp3) is 0.171. The molecule has 0 radical (unpaired) electrons. The van der Waals surface area contributed by atoms with Crippen molar-refractivity contribution in [2.45, 2.75) is 12.8 Å². The summed E-state index contributed by atoms with van der Waals surface area (Å²) < 4.78 is 7.64. The first kappa shape index (κ1) is 28.8. The molecule has 1 unspecified atom stereocenters. The fourth-order valence-corrected chi connectivity index (χ4v) is 5.74. The Morgan fingerprint density at radius 1 is 0.891 bits per heavy atom. The van der Waals surface area contributed by atoms with Crippen molar-refractivity contribution in [1.29, 1.82) is 0 Å². The molecule has 3 amide bonds. The first-order chi connectivity index (χ1) is 22.5. The minimum atomic E-state index is -0.606. The molecule has 0 bridgehead atoms. The van der Waals surface area contributed by atoms with Crippen LogP contribution >= 0.6 is 0 Å². The highest BCUT2D eigenvalue weighted by Crippen LogP contribution is 2.25. The molecular weight excluding hydrogens is 580 g/mol. The fourth-order valence-electron chi connectivity index (χ4n) is 5.74. The third kappa shape index (κ3) is 5.77. The van der Waals surface area contributed by atoms with Crippen LogP contribution in [0, 0.1) is 0 Å². The number of rotatable bonds is 6. The topological polar surface area (TPSA) is 109 Å². The highest BCUT2D eigenvalue weighted by atomic mass is 16.6. The number of hydrogen-bond donors (Lipinski definition) is 1. The second kappa shape index (κ2) is 12.6. The van der Waals surface area contributed by atoms with Gasteiger partial charge in [-0.3, -0.25) is 9.47 Å². The lowest BCUT2D eigenvalue weighted by molar-refractivity contribution is 0.0523. The lowest BCUT2D eigenvalue weighted by atomic mass is 10.1. The number of amides is 3. The Morgan fingerprint density at radius 3 is 2.57 bits per heavy atom. The molecule has 11 nitrogen and oxygen atoms in total. The van der Waals surface area contributed by atoms with Gasteiger partial charge in [0.2, 0.25) is 5.95 Å². The van der Waals surface area contributed by atoms with Gasteiger partial charge in [-0.1, -0.05) is 78.9 Å². The molecule has 7 rings (SSSR count). The highest BCUT2D eigenvalue weighted by molar-refractivity contribution is 6.01. The van der Waals surface area contributed by atoms with Gasteiger partial charge in [0, 0.05) is 31.7 Å². The quantitative estimate of drug-likeness (QED) is 0.249. The second-order valence-corrected chi connectivity index (χ2v) is 11.0. The number of para-hydroxylation sites is 2. The number of fused-ring (bicyclic) bond motifs is 2. The standard InChI is InChI=1S/C35H32N8O3/c1-40(33-36-19-18-31(39-33)43-24-37-29-15-7-8-17-30(29)43)32-22-41(20-21-42(32)35(45)46-23-25-10-3-2-4-11-25)34(44)38-28-16-9-13-26-12-5-6-14-27(26)28/h2-19,24,32H,20-23H2,1H3,(H,38,44). The Kier molecular flexibility index (Phi) is 7.86. The van der Waals surface area contributed by atoms with E-state index in [1.54, 1.807) is 22.3 Å². The van der Waals surface area contributed by atoms with Crippen LogP contribution in [-0.4, -0.2) is 74.3 Å². The van der Waals surface area contributed by atoms with Gasteiger partial charge in [0.25, 0.3) is 0 Å².